The molecular weight excluding hydrogens is 225 g/mol. The Morgan fingerprint density at radius 1 is 1.29 bits per heavy atom. The van der Waals surface area contributed by atoms with E-state index in [2.05, 4.69) is 4.90 Å². The van der Waals surface area contributed by atoms with E-state index in [0.29, 0.717) is 12.8 Å². The lowest BCUT2D eigenvalue weighted by molar-refractivity contribution is 0.0416. The van der Waals surface area contributed by atoms with Crippen molar-refractivity contribution >= 4 is 11.8 Å². The first kappa shape index (κ1) is 11.7. The monoisotopic (exact) mass is 239 g/mol. The maximum Gasteiger partial charge on any atom is 0.506 e. The summed E-state index contributed by atoms with van der Waals surface area (Å²) < 4.78 is 17.5. The predicted molar refractivity (Wildman–Crippen MR) is 60.7 cm³/mol. The topological polar surface area (TPSA) is 49.8 Å². The van der Waals surface area contributed by atoms with Crippen molar-refractivity contribution in [3.63, 3.8) is 0 Å². The van der Waals surface area contributed by atoms with Crippen molar-refractivity contribution in [1.29, 1.82) is 0 Å². The van der Waals surface area contributed by atoms with Gasteiger partial charge in [-0.05, 0) is 24.3 Å². The van der Waals surface area contributed by atoms with Crippen LogP contribution in [0.3, 0.4) is 0 Å². The zero-order valence-electron chi connectivity index (χ0n) is 9.30. The number of nitrogens with zero attached hydrogens (tertiary/aromatic N) is 1. The molecule has 1 aromatic rings. The van der Waals surface area contributed by atoms with E-state index in [1.807, 2.05) is 0 Å². The van der Waals surface area contributed by atoms with Crippen molar-refractivity contribution in [3.05, 3.63) is 30.1 Å². The molecule has 1 N–H and O–H groups in total. The first-order valence-electron chi connectivity index (χ1n) is 5.55. The van der Waals surface area contributed by atoms with E-state index in [1.165, 1.54) is 12.1 Å². The second-order valence-corrected chi connectivity index (χ2v) is 4.05. The summed E-state index contributed by atoms with van der Waals surface area (Å²) in [5.74, 6) is -0.252. The summed E-state index contributed by atoms with van der Waals surface area (Å²) in [6.07, 6.45) is -0.0951. The lowest BCUT2D eigenvalue weighted by atomic mass is 10.1. The first-order chi connectivity index (χ1) is 8.15. The highest BCUT2D eigenvalue weighted by atomic mass is 19.1. The van der Waals surface area contributed by atoms with Crippen LogP contribution in [0.2, 0.25) is 0 Å². The largest absolute Gasteiger partial charge is 0.506 e. The zero-order valence-corrected chi connectivity index (χ0v) is 9.30. The molecule has 0 saturated carbocycles. The van der Waals surface area contributed by atoms with Gasteiger partial charge in [-0.2, -0.15) is 0 Å². The molecule has 0 amide bonds. The van der Waals surface area contributed by atoms with Crippen molar-refractivity contribution < 1.29 is 19.0 Å². The molecule has 2 rings (SSSR count). The second-order valence-electron chi connectivity index (χ2n) is 4.05. The van der Waals surface area contributed by atoms with Crippen molar-refractivity contribution in [2.24, 2.45) is 0 Å². The summed E-state index contributed by atoms with van der Waals surface area (Å²) in [7, 11) is 0. The molecular formula is C12H14FNO3. The maximum absolute atomic E-state index is 12.8. The van der Waals surface area contributed by atoms with Crippen LogP contribution < -0.4 is 4.90 Å². The second kappa shape index (κ2) is 5.03. The fraction of sp³-hybridized carbons (Fsp3) is 0.417. The first-order valence-corrected chi connectivity index (χ1v) is 5.55. The number of benzene rings is 1. The molecule has 1 fully saturated rings. The number of carboxylic acid groups (broad SMARTS) is 1. The third kappa shape index (κ3) is 3.09. The molecule has 1 aliphatic heterocycles. The Morgan fingerprint density at radius 2 is 1.88 bits per heavy atom. The third-order valence-electron chi connectivity index (χ3n) is 2.90. The molecule has 1 aliphatic rings. The van der Waals surface area contributed by atoms with Crippen molar-refractivity contribution in [2.75, 3.05) is 18.0 Å². The van der Waals surface area contributed by atoms with Gasteiger partial charge in [0.05, 0.1) is 0 Å². The van der Waals surface area contributed by atoms with Crippen LogP contribution >= 0.6 is 0 Å². The van der Waals surface area contributed by atoms with Gasteiger partial charge >= 0.3 is 6.16 Å². The van der Waals surface area contributed by atoms with E-state index in [-0.39, 0.29) is 11.9 Å². The number of halogens is 1. The standard InChI is InChI=1S/C12H14FNO3/c13-9-1-3-10(4-2-9)14-7-5-11(6-8-14)17-12(15)16/h1-4,11H,5-8H2,(H,15,16). The summed E-state index contributed by atoms with van der Waals surface area (Å²) in [5, 5.41) is 8.50. The van der Waals surface area contributed by atoms with E-state index in [1.54, 1.807) is 12.1 Å². The molecule has 5 heteroatoms. The fourth-order valence-electron chi connectivity index (χ4n) is 2.03. The van der Waals surface area contributed by atoms with Gasteiger partial charge in [-0.25, -0.2) is 9.18 Å². The Kier molecular flexibility index (Phi) is 3.46. The zero-order chi connectivity index (χ0) is 12.3. The Bertz CT molecular complexity index is 385. The van der Waals surface area contributed by atoms with Crippen LogP contribution in [0.4, 0.5) is 14.9 Å². The molecule has 92 valence electrons. The van der Waals surface area contributed by atoms with Gasteiger partial charge in [0.15, 0.2) is 0 Å². The molecule has 17 heavy (non-hydrogen) atoms. The highest BCUT2D eigenvalue weighted by molar-refractivity contribution is 5.57. The van der Waals surface area contributed by atoms with Crippen LogP contribution in [0.5, 0.6) is 0 Å². The summed E-state index contributed by atoms with van der Waals surface area (Å²) in [6.45, 7) is 1.45. The quantitative estimate of drug-likeness (QED) is 0.805. The summed E-state index contributed by atoms with van der Waals surface area (Å²) in [6, 6.07) is 6.31. The van der Waals surface area contributed by atoms with Crippen molar-refractivity contribution in [2.45, 2.75) is 18.9 Å². The number of hydrogen-bond donors (Lipinski definition) is 1. The number of piperidine rings is 1. The van der Waals surface area contributed by atoms with E-state index >= 15 is 0 Å². The van der Waals surface area contributed by atoms with Crippen LogP contribution in [0.25, 0.3) is 0 Å². The van der Waals surface area contributed by atoms with Gasteiger partial charge in [-0.3, -0.25) is 0 Å². The van der Waals surface area contributed by atoms with Gasteiger partial charge in [0, 0.05) is 31.6 Å². The van der Waals surface area contributed by atoms with Gasteiger partial charge in [0.2, 0.25) is 0 Å². The number of rotatable bonds is 2. The molecule has 0 unspecified atom stereocenters. The highest BCUT2D eigenvalue weighted by Gasteiger charge is 2.22. The van der Waals surface area contributed by atoms with E-state index in [0.717, 1.165) is 18.8 Å². The van der Waals surface area contributed by atoms with Crippen LogP contribution in [-0.2, 0) is 4.74 Å². The van der Waals surface area contributed by atoms with E-state index in [4.69, 9.17) is 9.84 Å². The fourth-order valence-corrected chi connectivity index (χ4v) is 2.03. The summed E-state index contributed by atoms with van der Waals surface area (Å²) in [4.78, 5) is 12.5. The molecule has 0 aromatic heterocycles. The van der Waals surface area contributed by atoms with Gasteiger partial charge in [0.1, 0.15) is 11.9 Å². The van der Waals surface area contributed by atoms with E-state index < -0.39 is 6.16 Å². The summed E-state index contributed by atoms with van der Waals surface area (Å²) >= 11 is 0. The Labute approximate surface area is 98.6 Å². The van der Waals surface area contributed by atoms with Crippen LogP contribution in [0, 0.1) is 5.82 Å². The Morgan fingerprint density at radius 3 is 2.41 bits per heavy atom. The predicted octanol–water partition coefficient (Wildman–Crippen LogP) is 2.49. The normalized spacial score (nSPS) is 16.9. The van der Waals surface area contributed by atoms with Gasteiger partial charge < -0.3 is 14.7 Å². The molecule has 0 radical (unpaired) electrons. The van der Waals surface area contributed by atoms with Crippen LogP contribution in [0.15, 0.2) is 24.3 Å². The average Bonchev–Trinajstić information content (AvgIpc) is 2.30. The molecule has 1 heterocycles. The highest BCUT2D eigenvalue weighted by Crippen LogP contribution is 2.21. The minimum absolute atomic E-state index is 0.218. The Hall–Kier alpha value is -1.78. The number of ether oxygens (including phenoxy) is 1. The molecule has 1 saturated heterocycles. The molecule has 0 spiro atoms. The maximum atomic E-state index is 12.8. The molecule has 0 atom stereocenters. The number of hydrogen-bond acceptors (Lipinski definition) is 3. The van der Waals surface area contributed by atoms with E-state index in [9.17, 15) is 9.18 Å². The smallest absolute Gasteiger partial charge is 0.450 e. The van der Waals surface area contributed by atoms with Gasteiger partial charge in [-0.15, -0.1) is 0 Å². The SMILES string of the molecule is O=C(O)OC1CCN(c2ccc(F)cc2)CC1. The number of anilines is 1. The molecule has 4 nitrogen and oxygen atoms in total. The molecule has 0 aliphatic carbocycles. The van der Waals surface area contributed by atoms with Gasteiger partial charge in [0.25, 0.3) is 0 Å². The molecule has 0 bridgehead atoms. The van der Waals surface area contributed by atoms with Crippen LogP contribution in [-0.4, -0.2) is 30.5 Å². The average molecular weight is 239 g/mol. The van der Waals surface area contributed by atoms with Crippen LogP contribution in [0.1, 0.15) is 12.8 Å². The number of carbonyl (C=O) groups is 1. The minimum atomic E-state index is -1.22. The summed E-state index contributed by atoms with van der Waals surface area (Å²) in [5.41, 5.74) is 0.958. The Balaban J connectivity index is 1.90. The lowest BCUT2D eigenvalue weighted by Gasteiger charge is -2.32. The minimum Gasteiger partial charge on any atom is -0.450 e. The van der Waals surface area contributed by atoms with Crippen molar-refractivity contribution in [1.82, 2.24) is 0 Å². The molecule has 1 aromatic carbocycles. The van der Waals surface area contributed by atoms with Gasteiger partial charge in [-0.1, -0.05) is 0 Å². The lowest BCUT2D eigenvalue weighted by Crippen LogP contribution is -2.37. The third-order valence-corrected chi connectivity index (χ3v) is 2.90. The van der Waals surface area contributed by atoms with Crippen molar-refractivity contribution in [3.8, 4) is 0 Å².